The van der Waals surface area contributed by atoms with Gasteiger partial charge in [0.15, 0.2) is 5.75 Å². The molecule has 0 unspecified atom stereocenters. The van der Waals surface area contributed by atoms with Gasteiger partial charge in [-0.25, -0.2) is 4.79 Å². The molecule has 2 heterocycles. The van der Waals surface area contributed by atoms with Crippen molar-refractivity contribution in [3.63, 3.8) is 0 Å². The van der Waals surface area contributed by atoms with Gasteiger partial charge in [-0.3, -0.25) is 9.78 Å². The minimum Gasteiger partial charge on any atom is -0.423 e. The Morgan fingerprint density at radius 2 is 2.04 bits per heavy atom. The van der Waals surface area contributed by atoms with Crippen molar-refractivity contribution in [3.8, 4) is 5.75 Å². The van der Waals surface area contributed by atoms with E-state index in [0.29, 0.717) is 12.3 Å². The van der Waals surface area contributed by atoms with Crippen LogP contribution >= 0.6 is 0 Å². The van der Waals surface area contributed by atoms with Crippen LogP contribution in [0.15, 0.2) is 42.7 Å². The summed E-state index contributed by atoms with van der Waals surface area (Å²) in [6, 6.07) is 9.48. The van der Waals surface area contributed by atoms with Crippen molar-refractivity contribution >= 4 is 17.6 Å². The number of hydrogen-bond donors (Lipinski definition) is 0. The maximum Gasteiger partial charge on any atom is 0.331 e. The van der Waals surface area contributed by atoms with Crippen LogP contribution in [-0.2, 0) is 16.0 Å². The molecule has 0 aliphatic carbocycles. The van der Waals surface area contributed by atoms with Crippen molar-refractivity contribution in [3.05, 3.63) is 53.9 Å². The molecule has 1 amide bonds. The molecule has 1 aliphatic heterocycles. The summed E-state index contributed by atoms with van der Waals surface area (Å²) in [6.45, 7) is 2.82. The van der Waals surface area contributed by atoms with Crippen LogP contribution < -0.4 is 9.64 Å². The van der Waals surface area contributed by atoms with E-state index in [-0.39, 0.29) is 25.0 Å². The van der Waals surface area contributed by atoms with Gasteiger partial charge in [0, 0.05) is 26.0 Å². The number of hydrogen-bond acceptors (Lipinski definition) is 5. The van der Waals surface area contributed by atoms with E-state index in [1.807, 2.05) is 31.2 Å². The van der Waals surface area contributed by atoms with Crippen molar-refractivity contribution < 1.29 is 14.3 Å². The number of nitrogens with zero attached hydrogens (tertiary/aromatic N) is 3. The maximum atomic E-state index is 12.6. The molecule has 1 aromatic carbocycles. The first-order valence-electron chi connectivity index (χ1n) is 8.22. The van der Waals surface area contributed by atoms with Crippen LogP contribution in [0.1, 0.15) is 11.1 Å². The normalized spacial score (nSPS) is 13.2. The highest BCUT2D eigenvalue weighted by atomic mass is 16.5. The summed E-state index contributed by atoms with van der Waals surface area (Å²) >= 11 is 0. The molecule has 2 aromatic rings. The number of carbonyl (C=O) groups excluding carboxylic acids is 2. The van der Waals surface area contributed by atoms with Crippen LogP contribution in [0.2, 0.25) is 0 Å². The highest BCUT2D eigenvalue weighted by Gasteiger charge is 2.26. The molecule has 0 bridgehead atoms. The predicted molar refractivity (Wildman–Crippen MR) is 94.6 cm³/mol. The van der Waals surface area contributed by atoms with E-state index in [1.54, 1.807) is 35.3 Å². The van der Waals surface area contributed by atoms with Crippen molar-refractivity contribution in [2.75, 3.05) is 31.6 Å². The monoisotopic (exact) mass is 339 g/mol. The van der Waals surface area contributed by atoms with Gasteiger partial charge < -0.3 is 14.5 Å². The van der Waals surface area contributed by atoms with E-state index in [0.717, 1.165) is 23.2 Å². The van der Waals surface area contributed by atoms with Gasteiger partial charge in [-0.1, -0.05) is 6.07 Å². The highest BCUT2D eigenvalue weighted by Crippen LogP contribution is 2.32. The molecule has 0 N–H and O–H groups in total. The Morgan fingerprint density at radius 3 is 2.80 bits per heavy atom. The molecule has 130 valence electrons. The summed E-state index contributed by atoms with van der Waals surface area (Å²) in [5.74, 6) is 0.133. The average Bonchev–Trinajstić information content (AvgIpc) is 2.61. The molecule has 0 atom stereocenters. The molecule has 0 saturated carbocycles. The van der Waals surface area contributed by atoms with Crippen molar-refractivity contribution in [2.45, 2.75) is 13.3 Å². The summed E-state index contributed by atoms with van der Waals surface area (Å²) in [4.78, 5) is 31.8. The molecule has 1 aromatic heterocycles. The predicted octanol–water partition coefficient (Wildman–Crippen LogP) is 1.82. The van der Waals surface area contributed by atoms with Gasteiger partial charge in [-0.2, -0.15) is 0 Å². The molecule has 0 fully saturated rings. The molecular weight excluding hydrogens is 318 g/mol. The Labute approximate surface area is 147 Å². The SMILES string of the molecule is Cc1ccc2c(c1)N(CC(=O)N(C)CCc1ccncc1)CC(=O)O2. The third-order valence-electron chi connectivity index (χ3n) is 4.24. The number of pyridine rings is 1. The summed E-state index contributed by atoms with van der Waals surface area (Å²) in [6.07, 6.45) is 4.26. The Kier molecular flexibility index (Phi) is 4.97. The minimum atomic E-state index is -0.344. The number of benzene rings is 1. The number of anilines is 1. The fourth-order valence-corrected chi connectivity index (χ4v) is 2.75. The second kappa shape index (κ2) is 7.34. The van der Waals surface area contributed by atoms with Crippen LogP contribution in [0, 0.1) is 6.92 Å². The highest BCUT2D eigenvalue weighted by molar-refractivity contribution is 5.89. The zero-order valence-corrected chi connectivity index (χ0v) is 14.4. The van der Waals surface area contributed by atoms with Gasteiger partial charge in [0.05, 0.1) is 12.2 Å². The standard InChI is InChI=1S/C19H21N3O3/c1-14-3-4-17-16(11-14)22(13-19(24)25-17)12-18(23)21(2)10-7-15-5-8-20-9-6-15/h3-6,8-9,11H,7,10,12-13H2,1-2H3. The Balaban J connectivity index is 1.64. The first kappa shape index (κ1) is 17.0. The van der Waals surface area contributed by atoms with Gasteiger partial charge in [-0.15, -0.1) is 0 Å². The Bertz CT molecular complexity index is 777. The first-order chi connectivity index (χ1) is 12.0. The average molecular weight is 339 g/mol. The van der Waals surface area contributed by atoms with Crippen molar-refractivity contribution in [2.24, 2.45) is 0 Å². The van der Waals surface area contributed by atoms with E-state index in [2.05, 4.69) is 4.98 Å². The number of aryl methyl sites for hydroxylation is 1. The van der Waals surface area contributed by atoms with E-state index in [9.17, 15) is 9.59 Å². The van der Waals surface area contributed by atoms with Crippen LogP contribution in [0.4, 0.5) is 5.69 Å². The third-order valence-corrected chi connectivity index (χ3v) is 4.24. The first-order valence-corrected chi connectivity index (χ1v) is 8.22. The van der Waals surface area contributed by atoms with Gasteiger partial charge in [0.2, 0.25) is 5.91 Å². The topological polar surface area (TPSA) is 62.7 Å². The number of ether oxygens (including phenoxy) is 1. The molecule has 25 heavy (non-hydrogen) atoms. The van der Waals surface area contributed by atoms with Gasteiger partial charge >= 0.3 is 5.97 Å². The van der Waals surface area contributed by atoms with Crippen LogP contribution in [0.25, 0.3) is 0 Å². The number of likely N-dealkylation sites (N-methyl/N-ethyl adjacent to an activating group) is 1. The smallest absolute Gasteiger partial charge is 0.331 e. The molecule has 0 radical (unpaired) electrons. The van der Waals surface area contributed by atoms with Crippen LogP contribution in [0.5, 0.6) is 5.75 Å². The van der Waals surface area contributed by atoms with E-state index < -0.39 is 0 Å². The number of aromatic nitrogens is 1. The molecule has 6 nitrogen and oxygen atoms in total. The minimum absolute atomic E-state index is 0.0313. The van der Waals surface area contributed by atoms with Crippen molar-refractivity contribution in [1.82, 2.24) is 9.88 Å². The maximum absolute atomic E-state index is 12.6. The molecule has 0 saturated heterocycles. The molecule has 6 heteroatoms. The van der Waals surface area contributed by atoms with E-state index in [1.165, 1.54) is 0 Å². The number of esters is 1. The second-order valence-corrected chi connectivity index (χ2v) is 6.22. The van der Waals surface area contributed by atoms with Crippen LogP contribution in [-0.4, -0.2) is 48.4 Å². The Morgan fingerprint density at radius 1 is 1.28 bits per heavy atom. The van der Waals surface area contributed by atoms with E-state index >= 15 is 0 Å². The lowest BCUT2D eigenvalue weighted by Gasteiger charge is -2.31. The molecule has 0 spiro atoms. The lowest BCUT2D eigenvalue weighted by Crippen LogP contribution is -2.44. The molecule has 1 aliphatic rings. The van der Waals surface area contributed by atoms with Crippen molar-refractivity contribution in [1.29, 1.82) is 0 Å². The van der Waals surface area contributed by atoms with Crippen LogP contribution in [0.3, 0.4) is 0 Å². The van der Waals surface area contributed by atoms with E-state index in [4.69, 9.17) is 4.74 Å². The number of carbonyl (C=O) groups is 2. The summed E-state index contributed by atoms with van der Waals surface area (Å²) in [5, 5.41) is 0. The summed E-state index contributed by atoms with van der Waals surface area (Å²) < 4.78 is 5.25. The number of amides is 1. The van der Waals surface area contributed by atoms with Gasteiger partial charge in [0.25, 0.3) is 0 Å². The number of rotatable bonds is 5. The number of fused-ring (bicyclic) bond motifs is 1. The quantitative estimate of drug-likeness (QED) is 0.614. The second-order valence-electron chi connectivity index (χ2n) is 6.22. The molecular formula is C19H21N3O3. The van der Waals surface area contributed by atoms with Gasteiger partial charge in [0.1, 0.15) is 6.54 Å². The van der Waals surface area contributed by atoms with Gasteiger partial charge in [-0.05, 0) is 48.7 Å². The fourth-order valence-electron chi connectivity index (χ4n) is 2.75. The fraction of sp³-hybridized carbons (Fsp3) is 0.316. The molecule has 3 rings (SSSR count). The summed E-state index contributed by atoms with van der Waals surface area (Å²) in [7, 11) is 1.78. The Hall–Kier alpha value is -2.89. The zero-order chi connectivity index (χ0) is 17.8. The lowest BCUT2D eigenvalue weighted by molar-refractivity contribution is -0.133. The zero-order valence-electron chi connectivity index (χ0n) is 14.4. The largest absolute Gasteiger partial charge is 0.423 e. The summed E-state index contributed by atoms with van der Waals surface area (Å²) in [5.41, 5.74) is 2.98. The third kappa shape index (κ3) is 4.15. The lowest BCUT2D eigenvalue weighted by atomic mass is 10.1.